The summed E-state index contributed by atoms with van der Waals surface area (Å²) in [5.41, 5.74) is 4.19. The molecule has 0 atom stereocenters. The molecule has 2 aromatic rings. The molecule has 1 heterocycles. The van der Waals surface area contributed by atoms with Crippen molar-refractivity contribution in [2.45, 2.75) is 19.7 Å². The zero-order chi connectivity index (χ0) is 18.2. The Bertz CT molecular complexity index is 709. The number of carbonyl (C=O) groups is 1. The smallest absolute Gasteiger partial charge is 0.251 e. The van der Waals surface area contributed by atoms with E-state index in [1.54, 1.807) is 7.11 Å². The summed E-state index contributed by atoms with van der Waals surface area (Å²) in [6.45, 7) is 5.79. The Morgan fingerprint density at radius 3 is 2.46 bits per heavy atom. The average Bonchev–Trinajstić information content (AvgIpc) is 2.69. The van der Waals surface area contributed by atoms with Gasteiger partial charge in [0.2, 0.25) is 0 Å². The van der Waals surface area contributed by atoms with Gasteiger partial charge in [-0.1, -0.05) is 36.4 Å². The van der Waals surface area contributed by atoms with Crippen molar-refractivity contribution in [1.82, 2.24) is 5.32 Å². The number of quaternary nitrogens is 1. The van der Waals surface area contributed by atoms with Crippen LogP contribution in [0.1, 0.15) is 27.0 Å². The van der Waals surface area contributed by atoms with Crippen LogP contribution in [0.15, 0.2) is 48.5 Å². The molecular formula is C21H27N2O3+. The Kier molecular flexibility index (Phi) is 6.77. The van der Waals surface area contributed by atoms with E-state index in [4.69, 9.17) is 9.47 Å². The molecule has 1 saturated heterocycles. The summed E-state index contributed by atoms with van der Waals surface area (Å²) in [6, 6.07) is 15.9. The first-order valence-corrected chi connectivity index (χ1v) is 9.10. The summed E-state index contributed by atoms with van der Waals surface area (Å²) in [7, 11) is 1.66. The molecule has 3 rings (SSSR count). The molecule has 2 aromatic carbocycles. The molecule has 0 aliphatic carbocycles. The first kappa shape index (κ1) is 18.6. The number of methoxy groups -OCH3 is 1. The van der Waals surface area contributed by atoms with Gasteiger partial charge >= 0.3 is 0 Å². The minimum atomic E-state index is -0.0533. The van der Waals surface area contributed by atoms with Crippen molar-refractivity contribution in [3.05, 3.63) is 70.8 Å². The number of hydrogen-bond donors (Lipinski definition) is 2. The van der Waals surface area contributed by atoms with Gasteiger partial charge in [-0.25, -0.2) is 0 Å². The Hall–Kier alpha value is -2.21. The van der Waals surface area contributed by atoms with E-state index in [2.05, 4.69) is 23.5 Å². The number of ether oxygens (including phenoxy) is 2. The first-order valence-electron chi connectivity index (χ1n) is 9.10. The van der Waals surface area contributed by atoms with Crippen LogP contribution in [-0.2, 0) is 29.2 Å². The normalized spacial score (nSPS) is 15.0. The Morgan fingerprint density at radius 1 is 1.08 bits per heavy atom. The molecule has 1 aliphatic heterocycles. The topological polar surface area (TPSA) is 52.0 Å². The summed E-state index contributed by atoms with van der Waals surface area (Å²) >= 11 is 0. The van der Waals surface area contributed by atoms with Crippen molar-refractivity contribution in [2.75, 3.05) is 33.4 Å². The summed E-state index contributed by atoms with van der Waals surface area (Å²) in [5.74, 6) is -0.0533. The number of amides is 1. The van der Waals surface area contributed by atoms with Crippen LogP contribution in [0.25, 0.3) is 0 Å². The van der Waals surface area contributed by atoms with Gasteiger partial charge in [0.1, 0.15) is 19.6 Å². The van der Waals surface area contributed by atoms with Gasteiger partial charge in [-0.05, 0) is 23.3 Å². The second-order valence-electron chi connectivity index (χ2n) is 6.62. The maximum Gasteiger partial charge on any atom is 0.251 e. The van der Waals surface area contributed by atoms with E-state index in [9.17, 15) is 4.79 Å². The number of rotatable bonds is 7. The fourth-order valence-electron chi connectivity index (χ4n) is 3.21. The fourth-order valence-corrected chi connectivity index (χ4v) is 3.21. The fraction of sp³-hybridized carbons (Fsp3) is 0.381. The van der Waals surface area contributed by atoms with Gasteiger partial charge in [0.05, 0.1) is 19.8 Å². The molecule has 2 N–H and O–H groups in total. The second kappa shape index (κ2) is 9.48. The summed E-state index contributed by atoms with van der Waals surface area (Å²) in [6.07, 6.45) is 0. The van der Waals surface area contributed by atoms with Gasteiger partial charge in [-0.3, -0.25) is 4.79 Å². The molecule has 0 spiro atoms. The largest absolute Gasteiger partial charge is 0.380 e. The van der Waals surface area contributed by atoms with Gasteiger partial charge in [0.25, 0.3) is 5.91 Å². The average molecular weight is 355 g/mol. The molecule has 26 heavy (non-hydrogen) atoms. The first-order chi connectivity index (χ1) is 12.8. The highest BCUT2D eigenvalue weighted by molar-refractivity contribution is 5.94. The standard InChI is InChI=1S/C21H26N2O3/c1-25-16-17-6-8-18(9-7-17)21(24)22-14-19-4-2-3-5-20(19)15-23-10-12-26-13-11-23/h2-9H,10-16H2,1H3,(H,22,24)/p+1. The minimum Gasteiger partial charge on any atom is -0.380 e. The molecule has 0 unspecified atom stereocenters. The maximum absolute atomic E-state index is 12.4. The predicted molar refractivity (Wildman–Crippen MR) is 100.0 cm³/mol. The lowest BCUT2D eigenvalue weighted by Gasteiger charge is -2.24. The molecule has 1 fully saturated rings. The van der Waals surface area contributed by atoms with Gasteiger partial charge in [-0.15, -0.1) is 0 Å². The summed E-state index contributed by atoms with van der Waals surface area (Å²) < 4.78 is 10.5. The molecule has 0 saturated carbocycles. The van der Waals surface area contributed by atoms with Crippen LogP contribution in [0.5, 0.6) is 0 Å². The van der Waals surface area contributed by atoms with E-state index >= 15 is 0 Å². The SMILES string of the molecule is COCc1ccc(C(=O)NCc2ccccc2C[NH+]2CCOCC2)cc1. The van der Waals surface area contributed by atoms with Crippen molar-refractivity contribution in [2.24, 2.45) is 0 Å². The molecule has 5 heteroatoms. The zero-order valence-electron chi connectivity index (χ0n) is 15.3. The molecule has 0 radical (unpaired) electrons. The van der Waals surface area contributed by atoms with Crippen LogP contribution in [-0.4, -0.2) is 39.3 Å². The van der Waals surface area contributed by atoms with Gasteiger partial charge < -0.3 is 19.7 Å². The van der Waals surface area contributed by atoms with Crippen LogP contribution >= 0.6 is 0 Å². The van der Waals surface area contributed by atoms with Crippen molar-refractivity contribution < 1.29 is 19.2 Å². The Morgan fingerprint density at radius 2 is 1.77 bits per heavy atom. The predicted octanol–water partition coefficient (Wildman–Crippen LogP) is 1.18. The number of nitrogens with one attached hydrogen (secondary N) is 2. The van der Waals surface area contributed by atoms with Crippen molar-refractivity contribution in [1.29, 1.82) is 0 Å². The molecular weight excluding hydrogens is 328 g/mol. The van der Waals surface area contributed by atoms with E-state index < -0.39 is 0 Å². The van der Waals surface area contributed by atoms with Gasteiger partial charge in [0.15, 0.2) is 0 Å². The van der Waals surface area contributed by atoms with Gasteiger partial charge in [0, 0.05) is 24.8 Å². The quantitative estimate of drug-likeness (QED) is 0.784. The van der Waals surface area contributed by atoms with E-state index in [1.165, 1.54) is 16.0 Å². The minimum absolute atomic E-state index is 0.0533. The summed E-state index contributed by atoms with van der Waals surface area (Å²) in [5, 5.41) is 3.04. The van der Waals surface area contributed by atoms with E-state index in [0.29, 0.717) is 18.7 Å². The number of morpholine rings is 1. The number of benzene rings is 2. The Labute approximate surface area is 154 Å². The van der Waals surface area contributed by atoms with Gasteiger partial charge in [-0.2, -0.15) is 0 Å². The molecule has 1 amide bonds. The monoisotopic (exact) mass is 355 g/mol. The maximum atomic E-state index is 12.4. The van der Waals surface area contributed by atoms with Crippen molar-refractivity contribution in [3.8, 4) is 0 Å². The van der Waals surface area contributed by atoms with Crippen LogP contribution in [0.3, 0.4) is 0 Å². The highest BCUT2D eigenvalue weighted by Gasteiger charge is 2.16. The van der Waals surface area contributed by atoms with Crippen LogP contribution in [0.2, 0.25) is 0 Å². The van der Waals surface area contributed by atoms with Crippen molar-refractivity contribution in [3.63, 3.8) is 0 Å². The van der Waals surface area contributed by atoms with Crippen LogP contribution in [0, 0.1) is 0 Å². The van der Waals surface area contributed by atoms with Crippen LogP contribution in [0.4, 0.5) is 0 Å². The zero-order valence-corrected chi connectivity index (χ0v) is 15.3. The molecule has 5 nitrogen and oxygen atoms in total. The molecule has 138 valence electrons. The number of carbonyl (C=O) groups excluding carboxylic acids is 1. The lowest BCUT2D eigenvalue weighted by Crippen LogP contribution is -3.12. The third-order valence-corrected chi connectivity index (χ3v) is 4.73. The highest BCUT2D eigenvalue weighted by Crippen LogP contribution is 2.09. The second-order valence-corrected chi connectivity index (χ2v) is 6.62. The summed E-state index contributed by atoms with van der Waals surface area (Å²) in [4.78, 5) is 14.0. The van der Waals surface area contributed by atoms with E-state index in [0.717, 1.165) is 38.4 Å². The highest BCUT2D eigenvalue weighted by atomic mass is 16.5. The van der Waals surface area contributed by atoms with E-state index in [-0.39, 0.29) is 5.91 Å². The lowest BCUT2D eigenvalue weighted by molar-refractivity contribution is -0.921. The number of hydrogen-bond acceptors (Lipinski definition) is 3. The molecule has 0 aromatic heterocycles. The third-order valence-electron chi connectivity index (χ3n) is 4.73. The lowest BCUT2D eigenvalue weighted by atomic mass is 10.1. The van der Waals surface area contributed by atoms with E-state index in [1.807, 2.05) is 30.3 Å². The molecule has 1 aliphatic rings. The third kappa shape index (κ3) is 5.14. The van der Waals surface area contributed by atoms with Crippen molar-refractivity contribution >= 4 is 5.91 Å². The Balaban J connectivity index is 1.59. The van der Waals surface area contributed by atoms with Crippen LogP contribution < -0.4 is 10.2 Å². The molecule has 0 bridgehead atoms.